The summed E-state index contributed by atoms with van der Waals surface area (Å²) in [7, 11) is 1.57. The normalized spacial score (nSPS) is 10.6. The van der Waals surface area contributed by atoms with E-state index in [9.17, 15) is 9.59 Å². The summed E-state index contributed by atoms with van der Waals surface area (Å²) in [6.45, 7) is -0.109. The number of carbonyl (C=O) groups excluding carboxylic acids is 2. The number of terminal acetylenes is 1. The molecule has 4 aromatic rings. The van der Waals surface area contributed by atoms with Crippen molar-refractivity contribution in [1.82, 2.24) is 19.7 Å². The van der Waals surface area contributed by atoms with Crippen molar-refractivity contribution in [1.29, 1.82) is 0 Å². The van der Waals surface area contributed by atoms with Crippen LogP contribution in [0, 0.1) is 12.3 Å². The predicted octanol–water partition coefficient (Wildman–Crippen LogP) is 4.03. The summed E-state index contributed by atoms with van der Waals surface area (Å²) in [5.41, 5.74) is 4.41. The van der Waals surface area contributed by atoms with Gasteiger partial charge in [0.05, 0.1) is 12.2 Å². The molecule has 0 unspecified atom stereocenters. The van der Waals surface area contributed by atoms with Gasteiger partial charge in [0, 0.05) is 54.1 Å². The van der Waals surface area contributed by atoms with Crippen LogP contribution in [0.1, 0.15) is 11.1 Å². The van der Waals surface area contributed by atoms with Gasteiger partial charge in [0.15, 0.2) is 0 Å². The van der Waals surface area contributed by atoms with Gasteiger partial charge in [-0.25, -0.2) is 4.68 Å². The molecule has 172 valence electrons. The first-order valence-electron chi connectivity index (χ1n) is 10.9. The summed E-state index contributed by atoms with van der Waals surface area (Å²) in [5, 5.41) is 7.46. The molecule has 2 aromatic carbocycles. The Morgan fingerprint density at radius 2 is 1.94 bits per heavy atom. The number of hydrogen-bond donors (Lipinski definition) is 1. The van der Waals surface area contributed by atoms with Gasteiger partial charge in [-0.2, -0.15) is 5.10 Å². The quantitative estimate of drug-likeness (QED) is 0.333. The highest BCUT2D eigenvalue weighted by molar-refractivity contribution is 5.98. The number of carbonyl (C=O) groups is 2. The molecule has 0 fully saturated rings. The molecule has 35 heavy (non-hydrogen) atoms. The molecule has 2 aromatic heterocycles. The topological polar surface area (TPSA) is 80.1 Å². The van der Waals surface area contributed by atoms with Crippen LogP contribution < -0.4 is 5.32 Å². The summed E-state index contributed by atoms with van der Waals surface area (Å²) in [5.74, 6) is 1.88. The maximum atomic E-state index is 12.7. The third-order valence-corrected chi connectivity index (χ3v) is 5.17. The van der Waals surface area contributed by atoms with Gasteiger partial charge < -0.3 is 10.2 Å². The molecule has 0 spiro atoms. The van der Waals surface area contributed by atoms with Crippen molar-refractivity contribution in [2.75, 3.05) is 18.9 Å². The molecule has 4 rings (SSSR count). The van der Waals surface area contributed by atoms with Crippen LogP contribution in [0.15, 0.2) is 91.4 Å². The number of rotatable bonds is 7. The van der Waals surface area contributed by atoms with E-state index >= 15 is 0 Å². The third-order valence-electron chi connectivity index (χ3n) is 5.17. The minimum absolute atomic E-state index is 0.109. The third kappa shape index (κ3) is 5.89. The number of hydrogen-bond acceptors (Lipinski definition) is 4. The number of amides is 2. The Bertz CT molecular complexity index is 1400. The lowest BCUT2D eigenvalue weighted by Crippen LogP contribution is -2.33. The average Bonchev–Trinajstić information content (AvgIpc) is 3.32. The fourth-order valence-electron chi connectivity index (χ4n) is 3.42. The number of pyridine rings is 1. The van der Waals surface area contributed by atoms with Crippen LogP contribution in [0.3, 0.4) is 0 Å². The molecular weight excluding hydrogens is 438 g/mol. The van der Waals surface area contributed by atoms with Gasteiger partial charge >= 0.3 is 0 Å². The maximum absolute atomic E-state index is 12.7. The number of para-hydroxylation sites is 1. The number of aromatic nitrogens is 3. The molecule has 0 aliphatic carbocycles. The molecule has 0 aliphatic rings. The fourth-order valence-corrected chi connectivity index (χ4v) is 3.42. The number of anilines is 1. The van der Waals surface area contributed by atoms with Crippen molar-refractivity contribution in [2.45, 2.75) is 0 Å². The zero-order valence-corrected chi connectivity index (χ0v) is 19.1. The second-order valence-corrected chi connectivity index (χ2v) is 7.76. The molecule has 0 aliphatic heterocycles. The number of benzene rings is 2. The van der Waals surface area contributed by atoms with Gasteiger partial charge in [0.2, 0.25) is 11.8 Å². The highest BCUT2D eigenvalue weighted by atomic mass is 16.2. The van der Waals surface area contributed by atoms with Crippen molar-refractivity contribution < 1.29 is 9.59 Å². The van der Waals surface area contributed by atoms with Gasteiger partial charge in [-0.1, -0.05) is 30.2 Å². The molecule has 7 nitrogen and oxygen atoms in total. The van der Waals surface area contributed by atoms with Crippen molar-refractivity contribution in [3.8, 4) is 29.3 Å². The minimum Gasteiger partial charge on any atom is -0.333 e. The lowest BCUT2D eigenvalue weighted by molar-refractivity contribution is -0.129. The van der Waals surface area contributed by atoms with Gasteiger partial charge in [-0.15, -0.1) is 6.42 Å². The number of nitrogens with one attached hydrogen (secondary N) is 1. The van der Waals surface area contributed by atoms with E-state index in [1.165, 1.54) is 11.0 Å². The Labute approximate surface area is 203 Å². The standard InChI is InChI=1S/C28H23N5O2/c1-3-21-9-7-11-24(17-21)30-26(34)20-32(2)27(35)15-14-23-19-33(25-12-5-4-6-13-25)31-28(23)22-10-8-16-29-18-22/h1,4-19H,20H2,2H3,(H,30,34). The first-order valence-corrected chi connectivity index (χ1v) is 10.9. The van der Waals surface area contributed by atoms with E-state index in [4.69, 9.17) is 11.5 Å². The molecule has 2 amide bonds. The van der Waals surface area contributed by atoms with E-state index < -0.39 is 0 Å². The molecule has 0 bridgehead atoms. The van der Waals surface area contributed by atoms with Crippen molar-refractivity contribution in [3.05, 3.63) is 103 Å². The van der Waals surface area contributed by atoms with Gasteiger partial charge in [0.1, 0.15) is 5.69 Å². The largest absolute Gasteiger partial charge is 0.333 e. The van der Waals surface area contributed by atoms with E-state index in [0.29, 0.717) is 16.9 Å². The second kappa shape index (κ2) is 10.8. The molecular formula is C28H23N5O2. The van der Waals surface area contributed by atoms with Gasteiger partial charge in [0.25, 0.3) is 0 Å². The molecule has 2 heterocycles. The van der Waals surface area contributed by atoms with Crippen LogP contribution in [0.5, 0.6) is 0 Å². The summed E-state index contributed by atoms with van der Waals surface area (Å²) in [6, 6.07) is 20.4. The van der Waals surface area contributed by atoms with Crippen LogP contribution in [0.25, 0.3) is 23.0 Å². The monoisotopic (exact) mass is 461 g/mol. The molecule has 0 atom stereocenters. The summed E-state index contributed by atoms with van der Waals surface area (Å²) < 4.78 is 1.76. The van der Waals surface area contributed by atoms with E-state index in [1.807, 2.05) is 48.7 Å². The van der Waals surface area contributed by atoms with Crippen molar-refractivity contribution in [3.63, 3.8) is 0 Å². The Kier molecular flexibility index (Phi) is 7.14. The van der Waals surface area contributed by atoms with Crippen LogP contribution >= 0.6 is 0 Å². The Morgan fingerprint density at radius 1 is 1.11 bits per heavy atom. The van der Waals surface area contributed by atoms with E-state index in [-0.39, 0.29) is 18.4 Å². The molecule has 0 radical (unpaired) electrons. The fraction of sp³-hybridized carbons (Fsp3) is 0.0714. The van der Waals surface area contributed by atoms with Crippen LogP contribution in [0.2, 0.25) is 0 Å². The Hall–Kier alpha value is -4.96. The van der Waals surface area contributed by atoms with Crippen molar-refractivity contribution >= 4 is 23.6 Å². The van der Waals surface area contributed by atoms with E-state index in [2.05, 4.69) is 16.2 Å². The van der Waals surface area contributed by atoms with E-state index in [1.54, 1.807) is 54.5 Å². The summed E-state index contributed by atoms with van der Waals surface area (Å²) in [4.78, 5) is 30.6. The smallest absolute Gasteiger partial charge is 0.246 e. The highest BCUT2D eigenvalue weighted by Gasteiger charge is 2.14. The first kappa shape index (κ1) is 23.2. The lowest BCUT2D eigenvalue weighted by Gasteiger charge is -2.15. The van der Waals surface area contributed by atoms with Crippen LogP contribution in [0.4, 0.5) is 5.69 Å². The van der Waals surface area contributed by atoms with Crippen LogP contribution in [-0.4, -0.2) is 45.1 Å². The second-order valence-electron chi connectivity index (χ2n) is 7.76. The number of likely N-dealkylation sites (N-methyl/N-ethyl adjacent to an activating group) is 1. The maximum Gasteiger partial charge on any atom is 0.246 e. The first-order chi connectivity index (χ1) is 17.0. The predicted molar refractivity (Wildman–Crippen MR) is 136 cm³/mol. The van der Waals surface area contributed by atoms with Crippen molar-refractivity contribution in [2.24, 2.45) is 0 Å². The summed E-state index contributed by atoms with van der Waals surface area (Å²) >= 11 is 0. The van der Waals surface area contributed by atoms with Gasteiger partial charge in [-0.3, -0.25) is 14.6 Å². The Balaban J connectivity index is 1.49. The zero-order valence-electron chi connectivity index (χ0n) is 19.1. The molecule has 0 saturated heterocycles. The highest BCUT2D eigenvalue weighted by Crippen LogP contribution is 2.24. The molecule has 7 heteroatoms. The molecule has 0 saturated carbocycles. The van der Waals surface area contributed by atoms with Gasteiger partial charge in [-0.05, 0) is 48.5 Å². The summed E-state index contributed by atoms with van der Waals surface area (Å²) in [6.07, 6.45) is 13.8. The van der Waals surface area contributed by atoms with E-state index in [0.717, 1.165) is 16.8 Å². The lowest BCUT2D eigenvalue weighted by atomic mass is 10.1. The van der Waals surface area contributed by atoms with Crippen LogP contribution in [-0.2, 0) is 9.59 Å². The Morgan fingerprint density at radius 3 is 2.69 bits per heavy atom. The average molecular weight is 462 g/mol. The zero-order chi connectivity index (χ0) is 24.6. The SMILES string of the molecule is C#Cc1cccc(NC(=O)CN(C)C(=O)C=Cc2cn(-c3ccccc3)nc2-c2cccnc2)c1. The number of nitrogens with zero attached hydrogens (tertiary/aromatic N) is 4. The minimum atomic E-state index is -0.323. The molecule has 1 N–H and O–H groups in total.